The van der Waals surface area contributed by atoms with Gasteiger partial charge in [-0.2, -0.15) is 0 Å². The van der Waals surface area contributed by atoms with Crippen molar-refractivity contribution in [3.8, 4) is 0 Å². The number of halogens is 1. The van der Waals surface area contributed by atoms with Gasteiger partial charge >= 0.3 is 0 Å². The molecular weight excluding hydrogens is 280 g/mol. The van der Waals surface area contributed by atoms with Gasteiger partial charge in [-0.25, -0.2) is 0 Å². The minimum atomic E-state index is -0.0485. The first-order valence-corrected chi connectivity index (χ1v) is 6.47. The highest BCUT2D eigenvalue weighted by Gasteiger charge is 2.14. The maximum absolute atomic E-state index is 11.9. The van der Waals surface area contributed by atoms with E-state index in [1.54, 1.807) is 0 Å². The topological polar surface area (TPSA) is 41.1 Å². The van der Waals surface area contributed by atoms with E-state index < -0.39 is 0 Å². The zero-order valence-corrected chi connectivity index (χ0v) is 12.3. The summed E-state index contributed by atoms with van der Waals surface area (Å²) in [5, 5.41) is 5.96. The van der Waals surface area contributed by atoms with Gasteiger partial charge in [-0.15, -0.1) is 0 Å². The van der Waals surface area contributed by atoms with Gasteiger partial charge in [0.15, 0.2) is 0 Å². The number of carbonyl (C=O) groups excluding carboxylic acids is 1. The van der Waals surface area contributed by atoms with Crippen molar-refractivity contribution in [1.82, 2.24) is 5.32 Å². The standard InChI is InChI=1S/C13H19BrN2O/c1-8-5-9(2)12(11(14)6-8)16-13(17)10(3)7-15-4/h5-6,10,15H,7H2,1-4H3,(H,16,17). The summed E-state index contributed by atoms with van der Waals surface area (Å²) in [4.78, 5) is 11.9. The van der Waals surface area contributed by atoms with Gasteiger partial charge in [0.05, 0.1) is 5.69 Å². The van der Waals surface area contributed by atoms with Crippen molar-refractivity contribution in [3.05, 3.63) is 27.7 Å². The van der Waals surface area contributed by atoms with E-state index in [0.717, 1.165) is 15.7 Å². The van der Waals surface area contributed by atoms with Gasteiger partial charge in [0, 0.05) is 16.9 Å². The van der Waals surface area contributed by atoms with E-state index in [1.807, 2.05) is 33.9 Å². The third-order valence-corrected chi connectivity index (χ3v) is 3.26. The van der Waals surface area contributed by atoms with Gasteiger partial charge in [0.1, 0.15) is 0 Å². The average Bonchev–Trinajstić information content (AvgIpc) is 2.23. The molecule has 17 heavy (non-hydrogen) atoms. The summed E-state index contributed by atoms with van der Waals surface area (Å²) in [5.41, 5.74) is 3.11. The number of benzene rings is 1. The lowest BCUT2D eigenvalue weighted by atomic mass is 10.1. The number of nitrogens with one attached hydrogen (secondary N) is 2. The first kappa shape index (κ1) is 14.2. The number of rotatable bonds is 4. The van der Waals surface area contributed by atoms with E-state index in [1.165, 1.54) is 5.56 Å². The number of aryl methyl sites for hydroxylation is 2. The second kappa shape index (κ2) is 6.17. The number of amides is 1. The molecule has 1 atom stereocenters. The minimum absolute atomic E-state index is 0.0343. The van der Waals surface area contributed by atoms with Crippen LogP contribution < -0.4 is 10.6 Å². The molecule has 0 spiro atoms. The molecule has 2 N–H and O–H groups in total. The average molecular weight is 299 g/mol. The molecule has 94 valence electrons. The second-order valence-corrected chi connectivity index (χ2v) is 5.24. The Hall–Kier alpha value is -0.870. The van der Waals surface area contributed by atoms with Crippen LogP contribution in [0.2, 0.25) is 0 Å². The summed E-state index contributed by atoms with van der Waals surface area (Å²) >= 11 is 3.48. The summed E-state index contributed by atoms with van der Waals surface area (Å²) < 4.78 is 0.931. The third-order valence-electron chi connectivity index (χ3n) is 2.64. The van der Waals surface area contributed by atoms with Crippen LogP contribution in [0.5, 0.6) is 0 Å². The summed E-state index contributed by atoms with van der Waals surface area (Å²) in [7, 11) is 1.84. The number of hydrogen-bond donors (Lipinski definition) is 2. The van der Waals surface area contributed by atoms with Crippen molar-refractivity contribution in [2.75, 3.05) is 18.9 Å². The molecule has 0 heterocycles. The molecule has 0 radical (unpaired) electrons. The predicted molar refractivity (Wildman–Crippen MR) is 75.3 cm³/mol. The van der Waals surface area contributed by atoms with Gasteiger partial charge in [-0.1, -0.05) is 13.0 Å². The molecule has 0 aliphatic rings. The quantitative estimate of drug-likeness (QED) is 0.897. The maximum atomic E-state index is 11.9. The largest absolute Gasteiger partial charge is 0.325 e. The molecule has 0 saturated heterocycles. The Morgan fingerprint density at radius 3 is 2.59 bits per heavy atom. The molecule has 1 rings (SSSR count). The third kappa shape index (κ3) is 3.82. The number of carbonyl (C=O) groups is 1. The molecule has 3 nitrogen and oxygen atoms in total. The fourth-order valence-electron chi connectivity index (χ4n) is 1.72. The van der Waals surface area contributed by atoms with Crippen LogP contribution in [0.25, 0.3) is 0 Å². The summed E-state index contributed by atoms with van der Waals surface area (Å²) in [6, 6.07) is 4.06. The Morgan fingerprint density at radius 1 is 1.41 bits per heavy atom. The van der Waals surface area contributed by atoms with Crippen LogP contribution >= 0.6 is 15.9 Å². The molecule has 0 saturated carbocycles. The highest BCUT2D eigenvalue weighted by molar-refractivity contribution is 9.10. The zero-order valence-electron chi connectivity index (χ0n) is 10.7. The highest BCUT2D eigenvalue weighted by atomic mass is 79.9. The van der Waals surface area contributed by atoms with Gasteiger partial charge in [0.25, 0.3) is 0 Å². The van der Waals surface area contributed by atoms with Gasteiger partial charge in [-0.3, -0.25) is 4.79 Å². The van der Waals surface area contributed by atoms with E-state index in [-0.39, 0.29) is 11.8 Å². The van der Waals surface area contributed by atoms with Gasteiger partial charge in [0.2, 0.25) is 5.91 Å². The van der Waals surface area contributed by atoms with Gasteiger partial charge < -0.3 is 10.6 Å². The Morgan fingerprint density at radius 2 is 2.06 bits per heavy atom. The van der Waals surface area contributed by atoms with Crippen LogP contribution in [0.4, 0.5) is 5.69 Å². The Kier molecular flexibility index (Phi) is 5.15. The van der Waals surface area contributed by atoms with Crippen LogP contribution in [0.1, 0.15) is 18.1 Å². The SMILES string of the molecule is CNCC(C)C(=O)Nc1c(C)cc(C)cc1Br. The van der Waals surface area contributed by atoms with Crippen molar-refractivity contribution < 1.29 is 4.79 Å². The predicted octanol–water partition coefficient (Wildman–Crippen LogP) is 2.86. The first-order chi connectivity index (χ1) is 7.95. The van der Waals surface area contributed by atoms with E-state index in [0.29, 0.717) is 6.54 Å². The molecule has 1 amide bonds. The van der Waals surface area contributed by atoms with Crippen LogP contribution in [0.3, 0.4) is 0 Å². The second-order valence-electron chi connectivity index (χ2n) is 4.39. The van der Waals surface area contributed by atoms with Gasteiger partial charge in [-0.05, 0) is 54.0 Å². The monoisotopic (exact) mass is 298 g/mol. The van der Waals surface area contributed by atoms with Crippen LogP contribution in [-0.2, 0) is 4.79 Å². The van der Waals surface area contributed by atoms with E-state index in [2.05, 4.69) is 32.6 Å². The Labute approximate surface area is 111 Å². The van der Waals surface area contributed by atoms with E-state index in [9.17, 15) is 4.79 Å². The van der Waals surface area contributed by atoms with Crippen molar-refractivity contribution in [3.63, 3.8) is 0 Å². The maximum Gasteiger partial charge on any atom is 0.228 e. The fraction of sp³-hybridized carbons (Fsp3) is 0.462. The lowest BCUT2D eigenvalue weighted by Crippen LogP contribution is -2.29. The highest BCUT2D eigenvalue weighted by Crippen LogP contribution is 2.28. The Balaban J connectivity index is 2.85. The summed E-state index contributed by atoms with van der Waals surface area (Å²) in [6.45, 7) is 6.61. The first-order valence-electron chi connectivity index (χ1n) is 5.68. The Bertz CT molecular complexity index is 395. The van der Waals surface area contributed by atoms with Crippen LogP contribution in [0, 0.1) is 19.8 Å². The smallest absolute Gasteiger partial charge is 0.228 e. The molecule has 1 aromatic carbocycles. The normalized spacial score (nSPS) is 12.3. The van der Waals surface area contributed by atoms with E-state index >= 15 is 0 Å². The molecule has 0 aliphatic heterocycles. The van der Waals surface area contributed by atoms with Crippen molar-refractivity contribution in [1.29, 1.82) is 0 Å². The lowest BCUT2D eigenvalue weighted by Gasteiger charge is -2.15. The molecule has 0 fully saturated rings. The molecule has 1 aromatic rings. The summed E-state index contributed by atoms with van der Waals surface area (Å²) in [6.07, 6.45) is 0. The number of hydrogen-bond acceptors (Lipinski definition) is 2. The summed E-state index contributed by atoms with van der Waals surface area (Å²) in [5.74, 6) is -0.0143. The molecule has 0 aromatic heterocycles. The van der Waals surface area contributed by atoms with Crippen LogP contribution in [0.15, 0.2) is 16.6 Å². The van der Waals surface area contributed by atoms with Crippen LogP contribution in [-0.4, -0.2) is 19.5 Å². The molecule has 0 aliphatic carbocycles. The fourth-order valence-corrected chi connectivity index (χ4v) is 2.49. The van der Waals surface area contributed by atoms with Crippen molar-refractivity contribution >= 4 is 27.5 Å². The molecule has 0 bridgehead atoms. The molecular formula is C13H19BrN2O. The van der Waals surface area contributed by atoms with Crippen molar-refractivity contribution in [2.24, 2.45) is 5.92 Å². The van der Waals surface area contributed by atoms with Crippen molar-refractivity contribution in [2.45, 2.75) is 20.8 Å². The lowest BCUT2D eigenvalue weighted by molar-refractivity contribution is -0.119. The van der Waals surface area contributed by atoms with E-state index in [4.69, 9.17) is 0 Å². The molecule has 1 unspecified atom stereocenters. The minimum Gasteiger partial charge on any atom is -0.325 e. The number of anilines is 1. The zero-order chi connectivity index (χ0) is 13.0. The molecule has 4 heteroatoms.